The van der Waals surface area contributed by atoms with E-state index in [1.165, 1.54) is 0 Å². The van der Waals surface area contributed by atoms with Gasteiger partial charge in [0, 0.05) is 48.7 Å². The summed E-state index contributed by atoms with van der Waals surface area (Å²) in [5.74, 6) is -0.852. The third-order valence-corrected chi connectivity index (χ3v) is 8.27. The first kappa shape index (κ1) is 27.4. The zero-order valence-electron chi connectivity index (χ0n) is 20.0. The van der Waals surface area contributed by atoms with E-state index in [2.05, 4.69) is 0 Å². The van der Waals surface area contributed by atoms with E-state index in [4.69, 9.17) is 5.26 Å². The normalized spacial score (nSPS) is 26.8. The highest BCUT2D eigenvalue weighted by Crippen LogP contribution is 2.54. The Morgan fingerprint density at radius 2 is 1.68 bits per heavy atom. The van der Waals surface area contributed by atoms with Gasteiger partial charge in [-0.1, -0.05) is 18.2 Å². The number of amides is 1. The molecule has 0 aromatic heterocycles. The fourth-order valence-electron chi connectivity index (χ4n) is 6.29. The maximum absolute atomic E-state index is 14.6. The van der Waals surface area contributed by atoms with E-state index in [1.54, 1.807) is 4.90 Å². The van der Waals surface area contributed by atoms with Crippen molar-refractivity contribution in [3.8, 4) is 6.07 Å². The average molecular weight is 533 g/mol. The van der Waals surface area contributed by atoms with Gasteiger partial charge in [-0.3, -0.25) is 9.59 Å². The van der Waals surface area contributed by atoms with Crippen molar-refractivity contribution in [2.75, 3.05) is 6.54 Å². The van der Waals surface area contributed by atoms with Crippen molar-refractivity contribution in [2.45, 2.75) is 87.8 Å². The maximum Gasteiger partial charge on any atom is 0.435 e. The molecule has 202 valence electrons. The molecule has 37 heavy (non-hydrogen) atoms. The molecule has 2 fully saturated rings. The Labute approximate surface area is 209 Å². The molecule has 0 spiro atoms. The number of benzene rings is 1. The van der Waals surface area contributed by atoms with Crippen LogP contribution in [0, 0.1) is 23.2 Å². The van der Waals surface area contributed by atoms with E-state index in [0.29, 0.717) is 62.8 Å². The molecule has 1 heterocycles. The highest BCUT2D eigenvalue weighted by molar-refractivity contribution is 5.84. The first-order valence-corrected chi connectivity index (χ1v) is 12.5. The van der Waals surface area contributed by atoms with Crippen LogP contribution in [0.1, 0.15) is 74.0 Å². The fraction of sp³-hybridized carbons (Fsp3) is 0.654. The van der Waals surface area contributed by atoms with Crippen LogP contribution in [0.4, 0.5) is 30.7 Å². The molecule has 0 radical (unpaired) electrons. The summed E-state index contributed by atoms with van der Waals surface area (Å²) in [4.78, 5) is 27.6. The van der Waals surface area contributed by atoms with Crippen LogP contribution in [-0.2, 0) is 21.7 Å². The van der Waals surface area contributed by atoms with Crippen LogP contribution < -0.4 is 0 Å². The second kappa shape index (κ2) is 9.91. The number of fused-ring (bicyclic) bond motifs is 3. The second-order valence-electron chi connectivity index (χ2n) is 10.3. The zero-order valence-corrected chi connectivity index (χ0v) is 20.0. The molecule has 1 aromatic carbocycles. The minimum atomic E-state index is -6.17. The summed E-state index contributed by atoms with van der Waals surface area (Å²) < 4.78 is 93.8. The number of ketones is 1. The van der Waals surface area contributed by atoms with Gasteiger partial charge in [-0.2, -0.15) is 31.6 Å². The lowest BCUT2D eigenvalue weighted by Crippen LogP contribution is -2.50. The number of hydrogen-bond donors (Lipinski definition) is 0. The van der Waals surface area contributed by atoms with Crippen molar-refractivity contribution >= 4 is 11.7 Å². The number of alkyl halides is 7. The van der Waals surface area contributed by atoms with Crippen LogP contribution in [-0.4, -0.2) is 41.5 Å². The Morgan fingerprint density at radius 1 is 0.973 bits per heavy atom. The van der Waals surface area contributed by atoms with Crippen LogP contribution in [0.5, 0.6) is 0 Å². The molecular formula is C26H27F7N2O2. The van der Waals surface area contributed by atoms with E-state index in [-0.39, 0.29) is 60.3 Å². The van der Waals surface area contributed by atoms with Crippen LogP contribution in [0.2, 0.25) is 0 Å². The summed E-state index contributed by atoms with van der Waals surface area (Å²) in [6, 6.07) is 4.17. The minimum Gasteiger partial charge on any atom is -0.339 e. The van der Waals surface area contributed by atoms with Crippen LogP contribution in [0.15, 0.2) is 18.2 Å². The topological polar surface area (TPSA) is 61.2 Å². The zero-order chi connectivity index (χ0) is 27.2. The second-order valence-corrected chi connectivity index (χ2v) is 10.3. The molecule has 0 bridgehead atoms. The lowest BCUT2D eigenvalue weighted by Gasteiger charge is -2.36. The Kier molecular flexibility index (Phi) is 7.34. The molecule has 1 amide bonds. The van der Waals surface area contributed by atoms with Crippen molar-refractivity contribution in [3.63, 3.8) is 0 Å². The highest BCUT2D eigenvalue weighted by atomic mass is 19.4. The summed E-state index contributed by atoms with van der Waals surface area (Å²) in [5, 5.41) is 8.80. The number of halogens is 7. The molecule has 0 N–H and O–H groups in total. The molecule has 1 unspecified atom stereocenters. The molecule has 4 atom stereocenters. The quantitative estimate of drug-likeness (QED) is 0.339. The highest BCUT2D eigenvalue weighted by Gasteiger charge is 2.73. The largest absolute Gasteiger partial charge is 0.435 e. The van der Waals surface area contributed by atoms with Crippen molar-refractivity contribution in [2.24, 2.45) is 11.8 Å². The Morgan fingerprint density at radius 3 is 2.32 bits per heavy atom. The molecule has 2 aliphatic carbocycles. The van der Waals surface area contributed by atoms with Gasteiger partial charge in [0.2, 0.25) is 5.91 Å². The summed E-state index contributed by atoms with van der Waals surface area (Å²) in [6.45, 7) is 0.399. The predicted octanol–water partition coefficient (Wildman–Crippen LogP) is 6.29. The number of nitrogens with zero attached hydrogens (tertiary/aromatic N) is 2. The fourth-order valence-corrected chi connectivity index (χ4v) is 6.29. The van der Waals surface area contributed by atoms with Gasteiger partial charge >= 0.3 is 18.0 Å². The predicted molar refractivity (Wildman–Crippen MR) is 118 cm³/mol. The summed E-state index contributed by atoms with van der Waals surface area (Å²) >= 11 is 0. The number of rotatable bonds is 4. The standard InChI is InChI=1S/C26H27F7N2O2/c27-24(25(28,29)30,26(31,32)33)18-7-8-19-17(14-18)5-9-21-20(19)11-13-35(21)23(37)16-4-3-15(2-1-12-34)22(36)10-6-16/h7-8,14-16,20-21H,1-6,9-11,13H2/t15?,16-,20-,21+/m0/s1. The average Bonchev–Trinajstić information content (AvgIpc) is 3.18. The van der Waals surface area contributed by atoms with Crippen LogP contribution in [0.25, 0.3) is 0 Å². The molecule has 4 nitrogen and oxygen atoms in total. The van der Waals surface area contributed by atoms with E-state index >= 15 is 0 Å². The lowest BCUT2D eigenvalue weighted by atomic mass is 9.77. The Hall–Kier alpha value is -2.64. The van der Waals surface area contributed by atoms with E-state index < -0.39 is 23.6 Å². The number of carbonyl (C=O) groups is 2. The SMILES string of the molecule is N#CCCC1CC[C@H](C(=O)N2CC[C@H]3c4ccc(C(F)(C(F)(F)F)C(F)(F)F)cc4CC[C@H]32)CCC1=O. The van der Waals surface area contributed by atoms with Crippen molar-refractivity contribution in [1.29, 1.82) is 5.26 Å². The number of likely N-dealkylation sites (tertiary alicyclic amines) is 1. The number of carbonyl (C=O) groups excluding carboxylic acids is 2. The van der Waals surface area contributed by atoms with Crippen molar-refractivity contribution in [1.82, 2.24) is 4.90 Å². The molecule has 1 saturated heterocycles. The Balaban J connectivity index is 1.51. The van der Waals surface area contributed by atoms with Gasteiger partial charge in [0.05, 0.1) is 6.07 Å². The third-order valence-electron chi connectivity index (χ3n) is 8.27. The molecule has 1 aliphatic heterocycles. The minimum absolute atomic E-state index is 0.0638. The molecule has 4 rings (SSSR count). The number of aryl methyl sites for hydroxylation is 1. The van der Waals surface area contributed by atoms with Gasteiger partial charge < -0.3 is 4.90 Å². The van der Waals surface area contributed by atoms with Crippen molar-refractivity contribution in [3.05, 3.63) is 34.9 Å². The van der Waals surface area contributed by atoms with Gasteiger partial charge in [0.25, 0.3) is 0 Å². The summed E-state index contributed by atoms with van der Waals surface area (Å²) in [6.07, 6.45) is -8.85. The van der Waals surface area contributed by atoms with Gasteiger partial charge in [-0.05, 0) is 56.1 Å². The van der Waals surface area contributed by atoms with Gasteiger partial charge in [-0.25, -0.2) is 4.39 Å². The first-order chi connectivity index (χ1) is 17.3. The van der Waals surface area contributed by atoms with E-state index in [0.717, 1.165) is 6.07 Å². The van der Waals surface area contributed by atoms with Gasteiger partial charge in [0.1, 0.15) is 5.78 Å². The number of nitriles is 1. The first-order valence-electron chi connectivity index (χ1n) is 12.5. The summed E-state index contributed by atoms with van der Waals surface area (Å²) in [7, 11) is 0. The molecule has 1 saturated carbocycles. The maximum atomic E-state index is 14.6. The number of Topliss-reactive ketones (excluding diaryl/α,β-unsaturated/α-hetero) is 1. The molecule has 1 aromatic rings. The molecule has 3 aliphatic rings. The Bertz CT molecular complexity index is 1080. The molecular weight excluding hydrogens is 505 g/mol. The third kappa shape index (κ3) is 4.84. The van der Waals surface area contributed by atoms with Crippen molar-refractivity contribution < 1.29 is 40.3 Å². The van der Waals surface area contributed by atoms with Crippen LogP contribution >= 0.6 is 0 Å². The smallest absolute Gasteiger partial charge is 0.339 e. The van der Waals surface area contributed by atoms with Gasteiger partial charge in [-0.15, -0.1) is 0 Å². The summed E-state index contributed by atoms with van der Waals surface area (Å²) in [5.41, 5.74) is -6.16. The number of hydrogen-bond acceptors (Lipinski definition) is 3. The molecule has 11 heteroatoms. The lowest BCUT2D eigenvalue weighted by molar-refractivity contribution is -0.348. The van der Waals surface area contributed by atoms with Gasteiger partial charge in [0.15, 0.2) is 0 Å². The monoisotopic (exact) mass is 532 g/mol. The van der Waals surface area contributed by atoms with Crippen LogP contribution in [0.3, 0.4) is 0 Å². The van der Waals surface area contributed by atoms with E-state index in [1.807, 2.05) is 6.07 Å². The van der Waals surface area contributed by atoms with E-state index in [9.17, 15) is 40.3 Å².